The van der Waals surface area contributed by atoms with E-state index in [0.717, 1.165) is 12.0 Å². The van der Waals surface area contributed by atoms with Gasteiger partial charge in [0, 0.05) is 31.7 Å². The minimum absolute atomic E-state index is 0.0798. The molecular weight excluding hydrogens is 266 g/mol. The molecule has 0 saturated heterocycles. The van der Waals surface area contributed by atoms with Crippen LogP contribution >= 0.6 is 11.6 Å². The van der Waals surface area contributed by atoms with Crippen molar-refractivity contribution in [3.8, 4) is 0 Å². The Bertz CT molecular complexity index is 385. The Labute approximate surface area is 119 Å². The predicted octanol–water partition coefficient (Wildman–Crippen LogP) is 2.21. The van der Waals surface area contributed by atoms with Gasteiger partial charge in [0.25, 0.3) is 5.91 Å². The Balaban J connectivity index is 2.20. The van der Waals surface area contributed by atoms with Gasteiger partial charge in [-0.3, -0.25) is 4.79 Å². The lowest BCUT2D eigenvalue weighted by Crippen LogP contribution is -2.25. The summed E-state index contributed by atoms with van der Waals surface area (Å²) in [5.41, 5.74) is 1.58. The van der Waals surface area contributed by atoms with E-state index >= 15 is 0 Å². The molecule has 0 fully saturated rings. The minimum Gasteiger partial charge on any atom is -0.382 e. The molecule has 0 aromatic heterocycles. The van der Waals surface area contributed by atoms with Gasteiger partial charge in [0.05, 0.1) is 13.2 Å². The third-order valence-corrected chi connectivity index (χ3v) is 2.83. The highest BCUT2D eigenvalue weighted by Crippen LogP contribution is 2.07. The van der Waals surface area contributed by atoms with Gasteiger partial charge in [0.1, 0.15) is 0 Å². The topological polar surface area (TPSA) is 47.6 Å². The van der Waals surface area contributed by atoms with Crippen molar-refractivity contribution in [2.45, 2.75) is 12.3 Å². The number of halogens is 1. The molecular formula is C14H20ClNO3. The average molecular weight is 286 g/mol. The molecule has 1 rings (SSSR count). The average Bonchev–Trinajstić information content (AvgIpc) is 2.46. The Kier molecular flexibility index (Phi) is 8.21. The van der Waals surface area contributed by atoms with Crippen LogP contribution in [0.5, 0.6) is 0 Å². The van der Waals surface area contributed by atoms with Gasteiger partial charge in [0.15, 0.2) is 0 Å². The highest BCUT2D eigenvalue weighted by atomic mass is 35.5. The van der Waals surface area contributed by atoms with E-state index in [0.29, 0.717) is 37.8 Å². The summed E-state index contributed by atoms with van der Waals surface area (Å²) in [7, 11) is 1.64. The normalized spacial score (nSPS) is 10.4. The maximum absolute atomic E-state index is 11.8. The maximum atomic E-state index is 11.8. The fourth-order valence-corrected chi connectivity index (χ4v) is 1.68. The zero-order valence-electron chi connectivity index (χ0n) is 11.2. The number of hydrogen-bond acceptors (Lipinski definition) is 3. The number of alkyl halides is 1. The van der Waals surface area contributed by atoms with E-state index in [1.807, 2.05) is 12.1 Å². The number of rotatable bonds is 9. The van der Waals surface area contributed by atoms with Crippen molar-refractivity contribution in [1.82, 2.24) is 5.32 Å². The second-order valence-electron chi connectivity index (χ2n) is 4.05. The SMILES string of the molecule is COCCOCCCNC(=O)c1cccc(CCl)c1. The molecule has 0 aliphatic carbocycles. The van der Waals surface area contributed by atoms with E-state index in [-0.39, 0.29) is 5.91 Å². The molecule has 1 N–H and O–H groups in total. The molecule has 5 heteroatoms. The van der Waals surface area contributed by atoms with Gasteiger partial charge in [-0.15, -0.1) is 11.6 Å². The molecule has 0 aliphatic heterocycles. The second kappa shape index (κ2) is 9.78. The van der Waals surface area contributed by atoms with Crippen LogP contribution in [0.25, 0.3) is 0 Å². The van der Waals surface area contributed by atoms with Gasteiger partial charge >= 0.3 is 0 Å². The van der Waals surface area contributed by atoms with E-state index in [1.165, 1.54) is 0 Å². The maximum Gasteiger partial charge on any atom is 0.251 e. The van der Waals surface area contributed by atoms with Crippen LogP contribution in [0.4, 0.5) is 0 Å². The molecule has 1 amide bonds. The standard InChI is InChI=1S/C14H20ClNO3/c1-18-8-9-19-7-3-6-16-14(17)13-5-2-4-12(10-13)11-15/h2,4-5,10H,3,6-9,11H2,1H3,(H,16,17). The van der Waals surface area contributed by atoms with Crippen LogP contribution in [0.1, 0.15) is 22.3 Å². The molecule has 0 unspecified atom stereocenters. The molecule has 1 aromatic carbocycles. The number of amides is 1. The number of nitrogens with one attached hydrogen (secondary N) is 1. The molecule has 0 heterocycles. The minimum atomic E-state index is -0.0798. The zero-order valence-corrected chi connectivity index (χ0v) is 11.9. The Morgan fingerprint density at radius 1 is 1.32 bits per heavy atom. The largest absolute Gasteiger partial charge is 0.382 e. The summed E-state index contributed by atoms with van der Waals surface area (Å²) in [4.78, 5) is 11.8. The van der Waals surface area contributed by atoms with Crippen LogP contribution < -0.4 is 5.32 Å². The Morgan fingerprint density at radius 3 is 2.89 bits per heavy atom. The molecule has 19 heavy (non-hydrogen) atoms. The predicted molar refractivity (Wildman–Crippen MR) is 75.6 cm³/mol. The first kappa shape index (κ1) is 16.0. The van der Waals surface area contributed by atoms with Crippen molar-refractivity contribution >= 4 is 17.5 Å². The van der Waals surface area contributed by atoms with E-state index in [9.17, 15) is 4.79 Å². The van der Waals surface area contributed by atoms with Crippen molar-refractivity contribution in [2.24, 2.45) is 0 Å². The Hall–Kier alpha value is -1.10. The lowest BCUT2D eigenvalue weighted by atomic mass is 10.1. The van der Waals surface area contributed by atoms with Crippen LogP contribution in [0.3, 0.4) is 0 Å². The Morgan fingerprint density at radius 2 is 2.16 bits per heavy atom. The smallest absolute Gasteiger partial charge is 0.251 e. The van der Waals surface area contributed by atoms with Gasteiger partial charge in [-0.2, -0.15) is 0 Å². The van der Waals surface area contributed by atoms with Crippen molar-refractivity contribution in [3.05, 3.63) is 35.4 Å². The first-order valence-corrected chi connectivity index (χ1v) is 6.81. The van der Waals surface area contributed by atoms with Crippen molar-refractivity contribution in [1.29, 1.82) is 0 Å². The quantitative estimate of drug-likeness (QED) is 0.559. The van der Waals surface area contributed by atoms with Crippen LogP contribution in [0.15, 0.2) is 24.3 Å². The van der Waals surface area contributed by atoms with E-state index in [1.54, 1.807) is 19.2 Å². The monoisotopic (exact) mass is 285 g/mol. The molecule has 106 valence electrons. The third-order valence-electron chi connectivity index (χ3n) is 2.53. The number of carbonyl (C=O) groups excluding carboxylic acids is 1. The molecule has 1 aromatic rings. The fourth-order valence-electron chi connectivity index (χ4n) is 1.52. The van der Waals surface area contributed by atoms with Gasteiger partial charge in [-0.1, -0.05) is 12.1 Å². The van der Waals surface area contributed by atoms with Crippen LogP contribution in [-0.4, -0.2) is 39.4 Å². The van der Waals surface area contributed by atoms with Gasteiger partial charge in [-0.25, -0.2) is 0 Å². The highest BCUT2D eigenvalue weighted by Gasteiger charge is 2.04. The third kappa shape index (κ3) is 6.57. The lowest BCUT2D eigenvalue weighted by molar-refractivity contribution is 0.0688. The highest BCUT2D eigenvalue weighted by molar-refractivity contribution is 6.17. The number of hydrogen-bond donors (Lipinski definition) is 1. The van der Waals surface area contributed by atoms with Crippen LogP contribution in [-0.2, 0) is 15.4 Å². The first-order valence-electron chi connectivity index (χ1n) is 6.27. The van der Waals surface area contributed by atoms with Crippen LogP contribution in [0, 0.1) is 0 Å². The number of benzene rings is 1. The molecule has 0 spiro atoms. The number of methoxy groups -OCH3 is 1. The number of carbonyl (C=O) groups is 1. The summed E-state index contributed by atoms with van der Waals surface area (Å²) in [5.74, 6) is 0.331. The molecule has 0 bridgehead atoms. The zero-order chi connectivity index (χ0) is 13.9. The summed E-state index contributed by atoms with van der Waals surface area (Å²) in [5, 5.41) is 2.85. The summed E-state index contributed by atoms with van der Waals surface area (Å²) in [6, 6.07) is 7.31. The second-order valence-corrected chi connectivity index (χ2v) is 4.32. The fraction of sp³-hybridized carbons (Fsp3) is 0.500. The lowest BCUT2D eigenvalue weighted by Gasteiger charge is -2.07. The van der Waals surface area contributed by atoms with Crippen LogP contribution in [0.2, 0.25) is 0 Å². The summed E-state index contributed by atoms with van der Waals surface area (Å²) >= 11 is 5.73. The van der Waals surface area contributed by atoms with Crippen molar-refractivity contribution in [2.75, 3.05) is 33.5 Å². The van der Waals surface area contributed by atoms with Crippen molar-refractivity contribution < 1.29 is 14.3 Å². The summed E-state index contributed by atoms with van der Waals surface area (Å²) in [6.45, 7) is 2.39. The molecule has 4 nitrogen and oxygen atoms in total. The molecule has 0 radical (unpaired) electrons. The summed E-state index contributed by atoms with van der Waals surface area (Å²) < 4.78 is 10.2. The molecule has 0 saturated carbocycles. The summed E-state index contributed by atoms with van der Waals surface area (Å²) in [6.07, 6.45) is 0.782. The van der Waals surface area contributed by atoms with Gasteiger partial charge in [-0.05, 0) is 24.1 Å². The molecule has 0 aliphatic rings. The molecule has 0 atom stereocenters. The van der Waals surface area contributed by atoms with Gasteiger partial charge < -0.3 is 14.8 Å². The van der Waals surface area contributed by atoms with E-state index in [2.05, 4.69) is 5.32 Å². The van der Waals surface area contributed by atoms with E-state index in [4.69, 9.17) is 21.1 Å². The number of ether oxygens (including phenoxy) is 2. The van der Waals surface area contributed by atoms with Crippen molar-refractivity contribution in [3.63, 3.8) is 0 Å². The van der Waals surface area contributed by atoms with Gasteiger partial charge in [0.2, 0.25) is 0 Å². The first-order chi connectivity index (χ1) is 9.27. The van der Waals surface area contributed by atoms with E-state index < -0.39 is 0 Å².